The van der Waals surface area contributed by atoms with E-state index in [1.807, 2.05) is 0 Å². The van der Waals surface area contributed by atoms with Gasteiger partial charge in [-0.2, -0.15) is 0 Å². The number of rotatable bonds is 8. The molecule has 0 heterocycles. The van der Waals surface area contributed by atoms with Crippen LogP contribution in [0.5, 0.6) is 0 Å². The first-order valence-corrected chi connectivity index (χ1v) is 4.55. The molecule has 0 aliphatic heterocycles. The number of nitrogens with two attached hydrogens (primary N) is 1. The van der Waals surface area contributed by atoms with Gasteiger partial charge in [-0.15, -0.1) is 0 Å². The first-order valence-electron chi connectivity index (χ1n) is 4.55. The van der Waals surface area contributed by atoms with Gasteiger partial charge in [0.25, 0.3) is 0 Å². The molecule has 0 saturated carbocycles. The van der Waals surface area contributed by atoms with Gasteiger partial charge in [0.05, 0.1) is 6.61 Å². The minimum Gasteiger partial charge on any atom is -0.480 e. The van der Waals surface area contributed by atoms with Crippen molar-refractivity contribution in [1.82, 2.24) is 5.48 Å². The fourth-order valence-electron chi connectivity index (χ4n) is 0.836. The molecule has 0 saturated heterocycles. The smallest absolute Gasteiger partial charge is 0.320 e. The molecular weight excluding hydrogens is 184 g/mol. The number of carbonyl (C=O) groups is 1. The van der Waals surface area contributed by atoms with E-state index in [1.165, 1.54) is 0 Å². The van der Waals surface area contributed by atoms with Crippen LogP contribution >= 0.6 is 0 Å². The highest BCUT2D eigenvalue weighted by Gasteiger charge is 2.09. The summed E-state index contributed by atoms with van der Waals surface area (Å²) < 4.78 is 0. The van der Waals surface area contributed by atoms with Crippen molar-refractivity contribution in [1.29, 1.82) is 0 Å². The number of aliphatic carboxylic acids is 1. The van der Waals surface area contributed by atoms with E-state index < -0.39 is 12.0 Å². The number of hydroxylamine groups is 1. The standard InChI is InChI=1S/C9H18N2O3/c1-7(2)11-14-6-4-3-5-8(10)9(12)13/h8,11H,1,3-6,10H2,2H3,(H,12,13). The summed E-state index contributed by atoms with van der Waals surface area (Å²) in [6, 6.07) is -0.760. The molecular formula is C9H18N2O3. The van der Waals surface area contributed by atoms with Gasteiger partial charge < -0.3 is 10.8 Å². The van der Waals surface area contributed by atoms with Crippen molar-refractivity contribution in [2.24, 2.45) is 5.73 Å². The highest BCUT2D eigenvalue weighted by molar-refractivity contribution is 5.72. The first kappa shape index (κ1) is 12.9. The van der Waals surface area contributed by atoms with Crippen molar-refractivity contribution in [3.05, 3.63) is 12.3 Å². The number of hydrogen-bond donors (Lipinski definition) is 3. The Bertz CT molecular complexity index is 194. The summed E-state index contributed by atoms with van der Waals surface area (Å²) in [4.78, 5) is 15.3. The number of unbranched alkanes of at least 4 members (excludes halogenated alkanes) is 1. The van der Waals surface area contributed by atoms with Gasteiger partial charge >= 0.3 is 5.97 Å². The molecule has 5 heteroatoms. The Morgan fingerprint density at radius 2 is 2.29 bits per heavy atom. The lowest BCUT2D eigenvalue weighted by atomic mass is 10.1. The number of allylic oxidation sites excluding steroid dienone is 1. The summed E-state index contributed by atoms with van der Waals surface area (Å²) in [5, 5.41) is 8.48. The van der Waals surface area contributed by atoms with Crippen LogP contribution < -0.4 is 11.2 Å². The van der Waals surface area contributed by atoms with Gasteiger partial charge in [0, 0.05) is 5.70 Å². The molecule has 0 aromatic carbocycles. The van der Waals surface area contributed by atoms with E-state index in [1.54, 1.807) is 6.92 Å². The molecule has 0 rings (SSSR count). The van der Waals surface area contributed by atoms with E-state index in [0.29, 0.717) is 13.0 Å². The Kier molecular flexibility index (Phi) is 6.78. The predicted molar refractivity (Wildman–Crippen MR) is 53.4 cm³/mol. The quantitative estimate of drug-likeness (QED) is 0.397. The Labute approximate surface area is 83.9 Å². The molecule has 4 N–H and O–H groups in total. The second-order valence-corrected chi connectivity index (χ2v) is 3.17. The molecule has 1 unspecified atom stereocenters. The van der Waals surface area contributed by atoms with E-state index in [0.717, 1.165) is 18.5 Å². The van der Waals surface area contributed by atoms with Crippen molar-refractivity contribution < 1.29 is 14.7 Å². The third-order valence-electron chi connectivity index (χ3n) is 1.58. The van der Waals surface area contributed by atoms with E-state index >= 15 is 0 Å². The second kappa shape index (κ2) is 7.34. The van der Waals surface area contributed by atoms with Gasteiger partial charge in [-0.3, -0.25) is 15.1 Å². The summed E-state index contributed by atoms with van der Waals surface area (Å²) in [5.74, 6) is -0.953. The Hall–Kier alpha value is -1.07. The van der Waals surface area contributed by atoms with Crippen LogP contribution in [0.2, 0.25) is 0 Å². The zero-order valence-electron chi connectivity index (χ0n) is 8.45. The SMILES string of the molecule is C=C(C)NOCCCCC(N)C(=O)O. The molecule has 0 aromatic heterocycles. The lowest BCUT2D eigenvalue weighted by molar-refractivity contribution is -0.138. The number of carboxylic acid groups (broad SMARTS) is 1. The largest absolute Gasteiger partial charge is 0.480 e. The van der Waals surface area contributed by atoms with Crippen LogP contribution in [-0.2, 0) is 9.63 Å². The summed E-state index contributed by atoms with van der Waals surface area (Å²) in [6.07, 6.45) is 2.00. The molecule has 0 bridgehead atoms. The van der Waals surface area contributed by atoms with Crippen LogP contribution in [-0.4, -0.2) is 23.7 Å². The third-order valence-corrected chi connectivity index (χ3v) is 1.58. The number of nitrogens with one attached hydrogen (secondary N) is 1. The lowest BCUT2D eigenvalue weighted by Crippen LogP contribution is -2.29. The topological polar surface area (TPSA) is 84.6 Å². The number of carboxylic acids is 1. The Balaban J connectivity index is 3.21. The van der Waals surface area contributed by atoms with Crippen LogP contribution in [0.1, 0.15) is 26.2 Å². The molecule has 0 aliphatic carbocycles. The third kappa shape index (κ3) is 7.57. The molecule has 0 fully saturated rings. The monoisotopic (exact) mass is 202 g/mol. The maximum absolute atomic E-state index is 10.3. The summed E-state index contributed by atoms with van der Waals surface area (Å²) in [7, 11) is 0. The molecule has 82 valence electrons. The van der Waals surface area contributed by atoms with E-state index in [-0.39, 0.29) is 0 Å². The maximum atomic E-state index is 10.3. The molecule has 1 atom stereocenters. The highest BCUT2D eigenvalue weighted by atomic mass is 16.6. The maximum Gasteiger partial charge on any atom is 0.320 e. The molecule has 0 radical (unpaired) electrons. The second-order valence-electron chi connectivity index (χ2n) is 3.17. The zero-order valence-corrected chi connectivity index (χ0v) is 8.45. The fourth-order valence-corrected chi connectivity index (χ4v) is 0.836. The van der Waals surface area contributed by atoms with Crippen molar-refractivity contribution in [3.63, 3.8) is 0 Å². The van der Waals surface area contributed by atoms with Gasteiger partial charge in [-0.25, -0.2) is 0 Å². The average Bonchev–Trinajstić information content (AvgIpc) is 2.09. The molecule has 0 aliphatic rings. The van der Waals surface area contributed by atoms with Crippen LogP contribution in [0, 0.1) is 0 Å². The predicted octanol–water partition coefficient (Wildman–Crippen LogP) is 0.623. The summed E-state index contributed by atoms with van der Waals surface area (Å²) in [5.41, 5.74) is 8.67. The van der Waals surface area contributed by atoms with Gasteiger partial charge in [0.2, 0.25) is 0 Å². The highest BCUT2D eigenvalue weighted by Crippen LogP contribution is 1.99. The van der Waals surface area contributed by atoms with Crippen molar-refractivity contribution >= 4 is 5.97 Å². The van der Waals surface area contributed by atoms with Crippen LogP contribution in [0.4, 0.5) is 0 Å². The Morgan fingerprint density at radius 3 is 2.79 bits per heavy atom. The van der Waals surface area contributed by atoms with Crippen LogP contribution in [0.25, 0.3) is 0 Å². The first-order chi connectivity index (χ1) is 6.54. The lowest BCUT2D eigenvalue weighted by Gasteiger charge is -2.07. The van der Waals surface area contributed by atoms with Crippen molar-refractivity contribution in [3.8, 4) is 0 Å². The summed E-state index contributed by atoms with van der Waals surface area (Å²) >= 11 is 0. The van der Waals surface area contributed by atoms with Gasteiger partial charge in [0.15, 0.2) is 0 Å². The van der Waals surface area contributed by atoms with Crippen molar-refractivity contribution in [2.45, 2.75) is 32.2 Å². The summed E-state index contributed by atoms with van der Waals surface area (Å²) in [6.45, 7) is 5.91. The normalized spacial score (nSPS) is 12.1. The number of hydrogen-bond acceptors (Lipinski definition) is 4. The molecule has 14 heavy (non-hydrogen) atoms. The molecule has 0 spiro atoms. The van der Waals surface area contributed by atoms with E-state index in [9.17, 15) is 4.79 Å². The van der Waals surface area contributed by atoms with Gasteiger partial charge in [-0.1, -0.05) is 6.58 Å². The van der Waals surface area contributed by atoms with Crippen molar-refractivity contribution in [2.75, 3.05) is 6.61 Å². The Morgan fingerprint density at radius 1 is 1.64 bits per heavy atom. The van der Waals surface area contributed by atoms with E-state index in [2.05, 4.69) is 12.1 Å². The zero-order chi connectivity index (χ0) is 11.0. The fraction of sp³-hybridized carbons (Fsp3) is 0.667. The van der Waals surface area contributed by atoms with Gasteiger partial charge in [0.1, 0.15) is 6.04 Å². The minimum atomic E-state index is -0.953. The van der Waals surface area contributed by atoms with Crippen LogP contribution in [0.3, 0.4) is 0 Å². The minimum absolute atomic E-state index is 0.478. The van der Waals surface area contributed by atoms with Gasteiger partial charge in [-0.05, 0) is 26.2 Å². The van der Waals surface area contributed by atoms with Crippen LogP contribution in [0.15, 0.2) is 12.3 Å². The van der Waals surface area contributed by atoms with E-state index in [4.69, 9.17) is 15.7 Å². The molecule has 0 aromatic rings. The molecule has 0 amide bonds. The molecule has 5 nitrogen and oxygen atoms in total. The average molecular weight is 202 g/mol.